The number of ether oxygens (including phenoxy) is 1. The first-order valence-electron chi connectivity index (χ1n) is 10.0. The molecular weight excluding hydrogens is 376 g/mol. The van der Waals surface area contributed by atoms with Crippen LogP contribution in [-0.2, 0) is 17.8 Å². The summed E-state index contributed by atoms with van der Waals surface area (Å²) < 4.78 is 5.29. The van der Waals surface area contributed by atoms with E-state index in [-0.39, 0.29) is 11.8 Å². The SMILES string of the molecule is COc1cccc(CN2C(=O)c3ccccc3C2C(=O)NCCc2ccccc2)c1. The maximum Gasteiger partial charge on any atom is 0.255 e. The Morgan fingerprint density at radius 3 is 2.50 bits per heavy atom. The van der Waals surface area contributed by atoms with E-state index in [2.05, 4.69) is 5.32 Å². The van der Waals surface area contributed by atoms with Crippen LogP contribution in [0.5, 0.6) is 5.75 Å². The second kappa shape index (κ2) is 8.82. The number of nitrogens with one attached hydrogen (secondary N) is 1. The third kappa shape index (κ3) is 4.06. The number of hydrogen-bond donors (Lipinski definition) is 1. The van der Waals surface area contributed by atoms with Gasteiger partial charge in [-0.1, -0.05) is 60.7 Å². The number of methoxy groups -OCH3 is 1. The molecule has 0 bridgehead atoms. The fourth-order valence-corrected chi connectivity index (χ4v) is 3.85. The Hall–Kier alpha value is -3.60. The van der Waals surface area contributed by atoms with E-state index in [1.54, 1.807) is 18.1 Å². The Balaban J connectivity index is 1.53. The summed E-state index contributed by atoms with van der Waals surface area (Å²) in [5, 5.41) is 3.02. The van der Waals surface area contributed by atoms with Crippen LogP contribution in [0.3, 0.4) is 0 Å². The maximum absolute atomic E-state index is 13.1. The van der Waals surface area contributed by atoms with Crippen molar-refractivity contribution in [1.29, 1.82) is 0 Å². The predicted octanol–water partition coefficient (Wildman–Crippen LogP) is 3.75. The van der Waals surface area contributed by atoms with Crippen LogP contribution in [0.1, 0.15) is 33.1 Å². The number of benzene rings is 3. The molecule has 30 heavy (non-hydrogen) atoms. The summed E-state index contributed by atoms with van der Waals surface area (Å²) in [6.07, 6.45) is 0.741. The summed E-state index contributed by atoms with van der Waals surface area (Å²) >= 11 is 0. The minimum absolute atomic E-state index is 0.128. The molecule has 0 fully saturated rings. The van der Waals surface area contributed by atoms with E-state index >= 15 is 0 Å². The van der Waals surface area contributed by atoms with Gasteiger partial charge in [0.1, 0.15) is 11.8 Å². The van der Waals surface area contributed by atoms with Crippen molar-refractivity contribution >= 4 is 11.8 Å². The average molecular weight is 400 g/mol. The Morgan fingerprint density at radius 2 is 1.70 bits per heavy atom. The smallest absolute Gasteiger partial charge is 0.255 e. The Labute approximate surface area is 176 Å². The molecule has 1 aliphatic heterocycles. The lowest BCUT2D eigenvalue weighted by Crippen LogP contribution is -2.39. The van der Waals surface area contributed by atoms with Gasteiger partial charge in [0.2, 0.25) is 5.91 Å². The summed E-state index contributed by atoms with van der Waals surface area (Å²) in [6.45, 7) is 0.851. The monoisotopic (exact) mass is 400 g/mol. The van der Waals surface area contributed by atoms with Crippen LogP contribution >= 0.6 is 0 Å². The number of nitrogens with zero attached hydrogens (tertiary/aromatic N) is 1. The van der Waals surface area contributed by atoms with Crippen LogP contribution in [-0.4, -0.2) is 30.4 Å². The first kappa shape index (κ1) is 19.7. The summed E-state index contributed by atoms with van der Waals surface area (Å²) in [7, 11) is 1.61. The molecule has 2 amide bonds. The number of amides is 2. The molecule has 0 aliphatic carbocycles. The topological polar surface area (TPSA) is 58.6 Å². The van der Waals surface area contributed by atoms with Gasteiger partial charge in [-0.15, -0.1) is 0 Å². The lowest BCUT2D eigenvalue weighted by Gasteiger charge is -2.25. The molecule has 3 aromatic carbocycles. The van der Waals surface area contributed by atoms with Crippen molar-refractivity contribution in [2.75, 3.05) is 13.7 Å². The fraction of sp³-hybridized carbons (Fsp3) is 0.200. The van der Waals surface area contributed by atoms with Gasteiger partial charge in [-0.3, -0.25) is 9.59 Å². The van der Waals surface area contributed by atoms with Gasteiger partial charge >= 0.3 is 0 Å². The number of hydrogen-bond acceptors (Lipinski definition) is 3. The van der Waals surface area contributed by atoms with Crippen molar-refractivity contribution in [3.8, 4) is 5.75 Å². The highest BCUT2D eigenvalue weighted by molar-refractivity contribution is 6.04. The highest BCUT2D eigenvalue weighted by Crippen LogP contribution is 2.35. The van der Waals surface area contributed by atoms with Gasteiger partial charge in [0, 0.05) is 18.7 Å². The summed E-state index contributed by atoms with van der Waals surface area (Å²) in [5.74, 6) is 0.435. The van der Waals surface area contributed by atoms with Crippen LogP contribution in [0.25, 0.3) is 0 Å². The molecule has 0 spiro atoms. The molecule has 1 atom stereocenters. The molecule has 1 N–H and O–H groups in total. The van der Waals surface area contributed by atoms with Gasteiger partial charge in [-0.05, 0) is 41.3 Å². The van der Waals surface area contributed by atoms with E-state index < -0.39 is 6.04 Å². The van der Waals surface area contributed by atoms with Crippen molar-refractivity contribution in [2.45, 2.75) is 19.0 Å². The van der Waals surface area contributed by atoms with Crippen LogP contribution in [0.15, 0.2) is 78.9 Å². The van der Waals surface area contributed by atoms with Crippen molar-refractivity contribution in [3.05, 3.63) is 101 Å². The molecule has 3 aromatic rings. The first-order valence-corrected chi connectivity index (χ1v) is 10.0. The van der Waals surface area contributed by atoms with Crippen molar-refractivity contribution in [3.63, 3.8) is 0 Å². The van der Waals surface area contributed by atoms with Gasteiger partial charge in [0.15, 0.2) is 0 Å². The second-order valence-electron chi connectivity index (χ2n) is 7.30. The molecule has 0 radical (unpaired) electrons. The van der Waals surface area contributed by atoms with Crippen molar-refractivity contribution in [2.24, 2.45) is 0 Å². The normalized spacial score (nSPS) is 15.0. The highest BCUT2D eigenvalue weighted by Gasteiger charge is 2.40. The summed E-state index contributed by atoms with van der Waals surface area (Å²) in [5.41, 5.74) is 3.41. The van der Waals surface area contributed by atoms with Gasteiger partial charge < -0.3 is 15.0 Å². The first-order chi connectivity index (χ1) is 14.7. The van der Waals surface area contributed by atoms with E-state index in [1.165, 1.54) is 0 Å². The van der Waals surface area contributed by atoms with Crippen LogP contribution in [0.4, 0.5) is 0 Å². The number of carbonyl (C=O) groups excluding carboxylic acids is 2. The largest absolute Gasteiger partial charge is 0.497 e. The lowest BCUT2D eigenvalue weighted by atomic mass is 10.0. The molecule has 1 aliphatic rings. The van der Waals surface area contributed by atoms with E-state index in [1.807, 2.05) is 72.8 Å². The fourth-order valence-electron chi connectivity index (χ4n) is 3.85. The number of fused-ring (bicyclic) bond motifs is 1. The predicted molar refractivity (Wildman–Crippen MR) is 115 cm³/mol. The molecule has 1 unspecified atom stereocenters. The van der Waals surface area contributed by atoms with Crippen molar-refractivity contribution in [1.82, 2.24) is 10.2 Å². The molecule has 1 heterocycles. The van der Waals surface area contributed by atoms with Crippen LogP contribution < -0.4 is 10.1 Å². The van der Waals surface area contributed by atoms with E-state index in [4.69, 9.17) is 4.74 Å². The lowest BCUT2D eigenvalue weighted by molar-refractivity contribution is -0.125. The van der Waals surface area contributed by atoms with Gasteiger partial charge in [-0.2, -0.15) is 0 Å². The van der Waals surface area contributed by atoms with Crippen LogP contribution in [0, 0.1) is 0 Å². The Morgan fingerprint density at radius 1 is 0.967 bits per heavy atom. The van der Waals surface area contributed by atoms with Gasteiger partial charge in [0.25, 0.3) is 5.91 Å². The minimum Gasteiger partial charge on any atom is -0.497 e. The zero-order valence-corrected chi connectivity index (χ0v) is 16.9. The van der Waals surface area contributed by atoms with E-state index in [0.717, 1.165) is 28.9 Å². The van der Waals surface area contributed by atoms with E-state index in [0.29, 0.717) is 18.7 Å². The summed E-state index contributed by atoms with van der Waals surface area (Å²) in [4.78, 5) is 27.9. The number of rotatable bonds is 7. The van der Waals surface area contributed by atoms with Crippen molar-refractivity contribution < 1.29 is 14.3 Å². The third-order valence-electron chi connectivity index (χ3n) is 5.35. The molecule has 5 nitrogen and oxygen atoms in total. The molecule has 0 saturated carbocycles. The quantitative estimate of drug-likeness (QED) is 0.657. The second-order valence-corrected chi connectivity index (χ2v) is 7.30. The molecule has 5 heteroatoms. The summed E-state index contributed by atoms with van der Waals surface area (Å²) in [6, 6.07) is 24.3. The Kier molecular flexibility index (Phi) is 5.80. The molecule has 152 valence electrons. The number of carbonyl (C=O) groups is 2. The molecule has 0 aromatic heterocycles. The zero-order chi connectivity index (χ0) is 20.9. The molecule has 0 saturated heterocycles. The average Bonchev–Trinajstić information content (AvgIpc) is 3.06. The minimum atomic E-state index is -0.643. The highest BCUT2D eigenvalue weighted by atomic mass is 16.5. The van der Waals surface area contributed by atoms with Gasteiger partial charge in [-0.25, -0.2) is 0 Å². The zero-order valence-electron chi connectivity index (χ0n) is 16.9. The maximum atomic E-state index is 13.1. The molecule has 4 rings (SSSR count). The van der Waals surface area contributed by atoms with Gasteiger partial charge in [0.05, 0.1) is 7.11 Å². The third-order valence-corrected chi connectivity index (χ3v) is 5.35. The Bertz CT molecular complexity index is 1050. The van der Waals surface area contributed by atoms with Crippen LogP contribution in [0.2, 0.25) is 0 Å². The standard InChI is InChI=1S/C25H24N2O3/c1-30-20-11-7-10-19(16-20)17-27-23(21-12-5-6-13-22(21)25(27)29)24(28)26-15-14-18-8-3-2-4-9-18/h2-13,16,23H,14-15,17H2,1H3,(H,26,28). The molecular formula is C25H24N2O3. The van der Waals surface area contributed by atoms with E-state index in [9.17, 15) is 9.59 Å².